The maximum Gasteiger partial charge on any atom is 0.125 e. The van der Waals surface area contributed by atoms with Crippen LogP contribution in [0.25, 0.3) is 0 Å². The van der Waals surface area contributed by atoms with E-state index in [4.69, 9.17) is 10.5 Å². The summed E-state index contributed by atoms with van der Waals surface area (Å²) in [5.41, 5.74) is 11.2. The second-order valence-electron chi connectivity index (χ2n) is 5.47. The molecule has 3 rings (SSSR count). The third kappa shape index (κ3) is 3.17. The summed E-state index contributed by atoms with van der Waals surface area (Å²) in [6.07, 6.45) is 1.76. The van der Waals surface area contributed by atoms with Crippen molar-refractivity contribution in [2.45, 2.75) is 25.8 Å². The molecule has 1 aliphatic rings. The molecule has 1 unspecified atom stereocenters. The second kappa shape index (κ2) is 6.11. The van der Waals surface area contributed by atoms with Crippen LogP contribution in [0.1, 0.15) is 28.3 Å². The number of rotatable bonds is 3. The molecule has 2 nitrogen and oxygen atoms in total. The Morgan fingerprint density at radius 1 is 1.24 bits per heavy atom. The van der Waals surface area contributed by atoms with Crippen LogP contribution < -0.4 is 10.5 Å². The smallest absolute Gasteiger partial charge is 0.125 e. The van der Waals surface area contributed by atoms with Gasteiger partial charge in [0.2, 0.25) is 0 Å². The monoisotopic (exact) mass is 409 g/mol. The van der Waals surface area contributed by atoms with Crippen molar-refractivity contribution in [1.29, 1.82) is 0 Å². The molecule has 2 aromatic rings. The SMILES string of the molecule is Cc1cc(C(N)Cc2cc(Br)cc3c2OCC3)ccc1Br. The summed E-state index contributed by atoms with van der Waals surface area (Å²) in [6.45, 7) is 2.85. The van der Waals surface area contributed by atoms with Crippen LogP contribution in [0.2, 0.25) is 0 Å². The molecule has 0 fully saturated rings. The summed E-state index contributed by atoms with van der Waals surface area (Å²) in [5.74, 6) is 1.03. The molecule has 0 amide bonds. The fourth-order valence-electron chi connectivity index (χ4n) is 2.75. The first kappa shape index (κ1) is 15.1. The minimum atomic E-state index is -0.0283. The average Bonchev–Trinajstić information content (AvgIpc) is 2.90. The fraction of sp³-hybridized carbons (Fsp3) is 0.294. The molecule has 1 aliphatic heterocycles. The molecule has 0 saturated carbocycles. The first-order valence-corrected chi connectivity index (χ1v) is 8.59. The van der Waals surface area contributed by atoms with E-state index in [0.717, 1.165) is 39.7 Å². The average molecular weight is 411 g/mol. The Balaban J connectivity index is 1.88. The maximum atomic E-state index is 6.40. The first-order chi connectivity index (χ1) is 10.0. The number of nitrogens with two attached hydrogens (primary N) is 1. The lowest BCUT2D eigenvalue weighted by molar-refractivity contribution is 0.352. The van der Waals surface area contributed by atoms with Crippen molar-refractivity contribution in [2.75, 3.05) is 6.61 Å². The Morgan fingerprint density at radius 2 is 2.05 bits per heavy atom. The first-order valence-electron chi connectivity index (χ1n) is 7.00. The van der Waals surface area contributed by atoms with Gasteiger partial charge in [-0.15, -0.1) is 0 Å². The fourth-order valence-corrected chi connectivity index (χ4v) is 3.55. The Bertz CT molecular complexity index is 685. The molecule has 0 radical (unpaired) electrons. The quantitative estimate of drug-likeness (QED) is 0.795. The predicted molar refractivity (Wildman–Crippen MR) is 92.9 cm³/mol. The topological polar surface area (TPSA) is 35.2 Å². The van der Waals surface area contributed by atoms with Gasteiger partial charge >= 0.3 is 0 Å². The minimum Gasteiger partial charge on any atom is -0.493 e. The van der Waals surface area contributed by atoms with Gasteiger partial charge < -0.3 is 10.5 Å². The van der Waals surface area contributed by atoms with Gasteiger partial charge in [0.05, 0.1) is 6.61 Å². The van der Waals surface area contributed by atoms with E-state index in [0.29, 0.717) is 0 Å². The van der Waals surface area contributed by atoms with E-state index in [-0.39, 0.29) is 6.04 Å². The molecule has 2 N–H and O–H groups in total. The molecule has 4 heteroatoms. The zero-order chi connectivity index (χ0) is 15.0. The molecule has 0 aromatic heterocycles. The van der Waals surface area contributed by atoms with E-state index in [1.807, 2.05) is 0 Å². The molecule has 0 bridgehead atoms. The highest BCUT2D eigenvalue weighted by atomic mass is 79.9. The Kier molecular flexibility index (Phi) is 4.38. The molecular weight excluding hydrogens is 394 g/mol. The van der Waals surface area contributed by atoms with Gasteiger partial charge in [0.1, 0.15) is 5.75 Å². The van der Waals surface area contributed by atoms with Crippen molar-refractivity contribution in [3.8, 4) is 5.75 Å². The van der Waals surface area contributed by atoms with Crippen LogP contribution in [0, 0.1) is 6.92 Å². The van der Waals surface area contributed by atoms with E-state index in [1.54, 1.807) is 0 Å². The molecule has 1 atom stereocenters. The third-order valence-corrected chi connectivity index (χ3v) is 5.22. The molecule has 21 heavy (non-hydrogen) atoms. The van der Waals surface area contributed by atoms with Crippen LogP contribution >= 0.6 is 31.9 Å². The number of fused-ring (bicyclic) bond motifs is 1. The Hall–Kier alpha value is -0.840. The third-order valence-electron chi connectivity index (χ3n) is 3.88. The van der Waals surface area contributed by atoms with Crippen LogP contribution in [0.4, 0.5) is 0 Å². The molecule has 1 heterocycles. The van der Waals surface area contributed by atoms with Crippen molar-refractivity contribution in [3.05, 3.63) is 61.5 Å². The number of benzene rings is 2. The van der Waals surface area contributed by atoms with Crippen LogP contribution in [-0.2, 0) is 12.8 Å². The number of halogens is 2. The van der Waals surface area contributed by atoms with Gasteiger partial charge in [0.15, 0.2) is 0 Å². The van der Waals surface area contributed by atoms with Gasteiger partial charge in [-0.25, -0.2) is 0 Å². The summed E-state index contributed by atoms with van der Waals surface area (Å²) in [7, 11) is 0. The second-order valence-corrected chi connectivity index (χ2v) is 7.24. The Labute approximate surface area is 141 Å². The number of hydrogen-bond donors (Lipinski definition) is 1. The molecule has 0 spiro atoms. The molecule has 0 aliphatic carbocycles. The molecule has 110 valence electrons. The minimum absolute atomic E-state index is 0.0283. The summed E-state index contributed by atoms with van der Waals surface area (Å²) in [6, 6.07) is 10.5. The maximum absolute atomic E-state index is 6.40. The zero-order valence-corrected chi connectivity index (χ0v) is 15.0. The Morgan fingerprint density at radius 3 is 2.81 bits per heavy atom. The van der Waals surface area contributed by atoms with Gasteiger partial charge in [0.25, 0.3) is 0 Å². The van der Waals surface area contributed by atoms with Crippen LogP contribution in [0.15, 0.2) is 39.3 Å². The lowest BCUT2D eigenvalue weighted by Gasteiger charge is -2.16. The van der Waals surface area contributed by atoms with E-state index in [1.165, 1.54) is 16.7 Å². The molecular formula is C17H17Br2NO. The highest BCUT2D eigenvalue weighted by Gasteiger charge is 2.19. The molecule has 0 saturated heterocycles. The van der Waals surface area contributed by atoms with E-state index >= 15 is 0 Å². The number of aryl methyl sites for hydroxylation is 1. The lowest BCUT2D eigenvalue weighted by Crippen LogP contribution is -2.14. The summed E-state index contributed by atoms with van der Waals surface area (Å²) in [5, 5.41) is 0. The zero-order valence-electron chi connectivity index (χ0n) is 11.8. The van der Waals surface area contributed by atoms with Gasteiger partial charge in [0, 0.05) is 21.4 Å². The van der Waals surface area contributed by atoms with Crippen molar-refractivity contribution in [3.63, 3.8) is 0 Å². The van der Waals surface area contributed by atoms with Gasteiger partial charge in [-0.3, -0.25) is 0 Å². The van der Waals surface area contributed by atoms with E-state index in [2.05, 4.69) is 69.1 Å². The summed E-state index contributed by atoms with van der Waals surface area (Å²) in [4.78, 5) is 0. The predicted octanol–water partition coefficient (Wildman–Crippen LogP) is 4.70. The van der Waals surface area contributed by atoms with Gasteiger partial charge in [-0.2, -0.15) is 0 Å². The van der Waals surface area contributed by atoms with Gasteiger partial charge in [-0.05, 0) is 53.8 Å². The molecule has 2 aromatic carbocycles. The normalized spacial score (nSPS) is 14.7. The highest BCUT2D eigenvalue weighted by molar-refractivity contribution is 9.10. The van der Waals surface area contributed by atoms with Crippen LogP contribution in [0.3, 0.4) is 0 Å². The van der Waals surface area contributed by atoms with E-state index in [9.17, 15) is 0 Å². The van der Waals surface area contributed by atoms with Crippen molar-refractivity contribution >= 4 is 31.9 Å². The van der Waals surface area contributed by atoms with Gasteiger partial charge in [-0.1, -0.05) is 44.0 Å². The van der Waals surface area contributed by atoms with Crippen molar-refractivity contribution in [2.24, 2.45) is 5.73 Å². The van der Waals surface area contributed by atoms with Crippen LogP contribution in [0.5, 0.6) is 5.75 Å². The summed E-state index contributed by atoms with van der Waals surface area (Å²) >= 11 is 7.11. The van der Waals surface area contributed by atoms with E-state index < -0.39 is 0 Å². The van der Waals surface area contributed by atoms with Crippen molar-refractivity contribution < 1.29 is 4.74 Å². The number of ether oxygens (including phenoxy) is 1. The highest BCUT2D eigenvalue weighted by Crippen LogP contribution is 2.35. The van der Waals surface area contributed by atoms with Crippen LogP contribution in [-0.4, -0.2) is 6.61 Å². The lowest BCUT2D eigenvalue weighted by atomic mass is 9.96. The standard InChI is InChI=1S/C17H17Br2NO/c1-10-6-11(2-3-15(10)19)16(20)9-13-8-14(18)7-12-4-5-21-17(12)13/h2-3,6-8,16H,4-5,9,20H2,1H3. The van der Waals surface area contributed by atoms with Crippen molar-refractivity contribution in [1.82, 2.24) is 0 Å². The largest absolute Gasteiger partial charge is 0.493 e. The number of hydrogen-bond acceptors (Lipinski definition) is 2. The summed E-state index contributed by atoms with van der Waals surface area (Å²) < 4.78 is 7.99.